The quantitative estimate of drug-likeness (QED) is 0.681. The van der Waals surface area contributed by atoms with Crippen molar-refractivity contribution in [1.29, 1.82) is 0 Å². The average molecular weight is 407 g/mol. The number of carbonyl (C=O) groups is 2. The Labute approximate surface area is 180 Å². The molecule has 4 atom stereocenters. The van der Waals surface area contributed by atoms with Gasteiger partial charge in [-0.2, -0.15) is 0 Å². The highest BCUT2D eigenvalue weighted by Gasteiger charge is 2.35. The third-order valence-electron chi connectivity index (χ3n) is 6.38. The average Bonchev–Trinajstić information content (AvgIpc) is 2.77. The van der Waals surface area contributed by atoms with Crippen LogP contribution in [-0.4, -0.2) is 18.4 Å². The van der Waals surface area contributed by atoms with Crippen LogP contribution in [0.3, 0.4) is 0 Å². The molecule has 2 aromatic rings. The van der Waals surface area contributed by atoms with Gasteiger partial charge in [0.1, 0.15) is 0 Å². The predicted octanol–water partition coefficient (Wildman–Crippen LogP) is 4.98. The van der Waals surface area contributed by atoms with Crippen LogP contribution in [0.15, 0.2) is 60.7 Å². The molecule has 2 amide bonds. The second-order valence-electron chi connectivity index (χ2n) is 8.98. The number of hydrogen-bond donors (Lipinski definition) is 2. The molecule has 0 heterocycles. The smallest absolute Gasteiger partial charge is 0.251 e. The van der Waals surface area contributed by atoms with Gasteiger partial charge in [-0.05, 0) is 48.3 Å². The lowest BCUT2D eigenvalue weighted by Crippen LogP contribution is -2.44. The molecule has 2 aromatic carbocycles. The van der Waals surface area contributed by atoms with Gasteiger partial charge in [0.25, 0.3) is 5.91 Å². The van der Waals surface area contributed by atoms with Crippen molar-refractivity contribution >= 4 is 11.8 Å². The van der Waals surface area contributed by atoms with Gasteiger partial charge in [-0.1, -0.05) is 75.7 Å². The minimum Gasteiger partial charge on any atom is -0.353 e. The van der Waals surface area contributed by atoms with E-state index in [4.69, 9.17) is 0 Å². The van der Waals surface area contributed by atoms with Crippen molar-refractivity contribution in [3.63, 3.8) is 0 Å². The van der Waals surface area contributed by atoms with Crippen molar-refractivity contribution in [2.45, 2.75) is 46.1 Å². The fourth-order valence-electron chi connectivity index (χ4n) is 4.61. The Kier molecular flexibility index (Phi) is 7.67. The van der Waals surface area contributed by atoms with Crippen molar-refractivity contribution in [3.8, 4) is 0 Å². The molecule has 2 N–H and O–H groups in total. The zero-order valence-electron chi connectivity index (χ0n) is 18.3. The van der Waals surface area contributed by atoms with Crippen LogP contribution in [-0.2, 0) is 4.79 Å². The molecular weight excluding hydrogens is 372 g/mol. The van der Waals surface area contributed by atoms with Crippen molar-refractivity contribution in [2.24, 2.45) is 23.7 Å². The molecule has 0 aliphatic heterocycles. The van der Waals surface area contributed by atoms with Gasteiger partial charge in [-0.25, -0.2) is 0 Å². The monoisotopic (exact) mass is 406 g/mol. The van der Waals surface area contributed by atoms with Crippen LogP contribution in [0, 0.1) is 23.7 Å². The summed E-state index contributed by atoms with van der Waals surface area (Å²) in [6.07, 6.45) is 3.26. The number of hydrogen-bond acceptors (Lipinski definition) is 2. The molecule has 30 heavy (non-hydrogen) atoms. The summed E-state index contributed by atoms with van der Waals surface area (Å²) in [6, 6.07) is 18.8. The first-order chi connectivity index (χ1) is 14.5. The van der Waals surface area contributed by atoms with E-state index >= 15 is 0 Å². The van der Waals surface area contributed by atoms with Crippen LogP contribution in [0.1, 0.15) is 62.0 Å². The first-order valence-corrected chi connectivity index (χ1v) is 11.1. The SMILES string of the molecule is CC1CC[C@@H](C(C)C)C(C(=O)NCC(NC(=O)c2ccccc2)c2ccccc2)C1. The number of nitrogens with one attached hydrogen (secondary N) is 2. The molecule has 0 radical (unpaired) electrons. The van der Waals surface area contributed by atoms with Crippen LogP contribution in [0.2, 0.25) is 0 Å². The fraction of sp³-hybridized carbons (Fsp3) is 0.462. The summed E-state index contributed by atoms with van der Waals surface area (Å²) in [5.41, 5.74) is 1.60. The Morgan fingerprint density at radius 2 is 1.60 bits per heavy atom. The molecule has 1 saturated carbocycles. The molecule has 1 aliphatic rings. The molecular formula is C26H34N2O2. The Bertz CT molecular complexity index is 819. The number of amides is 2. The molecule has 3 unspecified atom stereocenters. The molecule has 160 valence electrons. The number of rotatable bonds is 7. The first-order valence-electron chi connectivity index (χ1n) is 11.1. The summed E-state index contributed by atoms with van der Waals surface area (Å²) < 4.78 is 0. The van der Waals surface area contributed by atoms with Crippen molar-refractivity contribution in [3.05, 3.63) is 71.8 Å². The second kappa shape index (κ2) is 10.4. The Morgan fingerprint density at radius 3 is 2.23 bits per heavy atom. The number of benzene rings is 2. The minimum atomic E-state index is -0.277. The molecule has 0 aromatic heterocycles. The standard InChI is InChI=1S/C26H34N2O2/c1-18(2)22-15-14-19(3)16-23(22)26(30)27-17-24(20-10-6-4-7-11-20)28-25(29)21-12-8-5-9-13-21/h4-13,18-19,22-24H,14-17H2,1-3H3,(H,27,30)(H,28,29)/t19?,22-,23?,24?/m0/s1. The second-order valence-corrected chi connectivity index (χ2v) is 8.98. The third kappa shape index (κ3) is 5.71. The van der Waals surface area contributed by atoms with Crippen LogP contribution in [0.5, 0.6) is 0 Å². The highest BCUT2D eigenvalue weighted by atomic mass is 16.2. The van der Waals surface area contributed by atoms with Gasteiger partial charge in [0.15, 0.2) is 0 Å². The highest BCUT2D eigenvalue weighted by molar-refractivity contribution is 5.94. The predicted molar refractivity (Wildman–Crippen MR) is 121 cm³/mol. The number of carbonyl (C=O) groups excluding carboxylic acids is 2. The van der Waals surface area contributed by atoms with Crippen LogP contribution in [0.25, 0.3) is 0 Å². The summed E-state index contributed by atoms with van der Waals surface area (Å²) in [5.74, 6) is 1.54. The zero-order valence-corrected chi connectivity index (χ0v) is 18.3. The maximum Gasteiger partial charge on any atom is 0.251 e. The summed E-state index contributed by atoms with van der Waals surface area (Å²) >= 11 is 0. The van der Waals surface area contributed by atoms with Crippen LogP contribution in [0.4, 0.5) is 0 Å². The van der Waals surface area contributed by atoms with E-state index in [1.165, 1.54) is 6.42 Å². The van der Waals surface area contributed by atoms with Gasteiger partial charge in [-0.15, -0.1) is 0 Å². The van der Waals surface area contributed by atoms with Gasteiger partial charge in [0.2, 0.25) is 5.91 Å². The van der Waals surface area contributed by atoms with Crippen molar-refractivity contribution in [2.75, 3.05) is 6.54 Å². The van der Waals surface area contributed by atoms with Crippen LogP contribution < -0.4 is 10.6 Å². The maximum absolute atomic E-state index is 13.1. The molecule has 0 bridgehead atoms. The van der Waals surface area contributed by atoms with Gasteiger partial charge in [0, 0.05) is 18.0 Å². The zero-order chi connectivity index (χ0) is 21.5. The van der Waals surface area contributed by atoms with E-state index in [1.54, 1.807) is 12.1 Å². The van der Waals surface area contributed by atoms with E-state index in [0.29, 0.717) is 29.9 Å². The Balaban J connectivity index is 1.70. The van der Waals surface area contributed by atoms with E-state index in [-0.39, 0.29) is 23.8 Å². The van der Waals surface area contributed by atoms with E-state index in [0.717, 1.165) is 18.4 Å². The van der Waals surface area contributed by atoms with Gasteiger partial charge >= 0.3 is 0 Å². The van der Waals surface area contributed by atoms with Crippen molar-refractivity contribution in [1.82, 2.24) is 10.6 Å². The van der Waals surface area contributed by atoms with Crippen LogP contribution >= 0.6 is 0 Å². The topological polar surface area (TPSA) is 58.2 Å². The molecule has 0 saturated heterocycles. The summed E-state index contributed by atoms with van der Waals surface area (Å²) in [7, 11) is 0. The highest BCUT2D eigenvalue weighted by Crippen LogP contribution is 2.38. The lowest BCUT2D eigenvalue weighted by molar-refractivity contribution is -0.129. The molecule has 3 rings (SSSR count). The fourth-order valence-corrected chi connectivity index (χ4v) is 4.61. The third-order valence-corrected chi connectivity index (χ3v) is 6.38. The van der Waals surface area contributed by atoms with Gasteiger partial charge in [0.05, 0.1) is 6.04 Å². The van der Waals surface area contributed by atoms with E-state index in [2.05, 4.69) is 31.4 Å². The molecule has 1 aliphatic carbocycles. The van der Waals surface area contributed by atoms with Gasteiger partial charge < -0.3 is 10.6 Å². The molecule has 1 fully saturated rings. The maximum atomic E-state index is 13.1. The summed E-state index contributed by atoms with van der Waals surface area (Å²) in [4.78, 5) is 25.9. The first kappa shape index (κ1) is 22.1. The normalized spacial score (nSPS) is 22.3. The molecule has 0 spiro atoms. The molecule has 4 heteroatoms. The summed E-state index contributed by atoms with van der Waals surface area (Å²) in [6.45, 7) is 7.06. The lowest BCUT2D eigenvalue weighted by atomic mass is 9.70. The van der Waals surface area contributed by atoms with Gasteiger partial charge in [-0.3, -0.25) is 9.59 Å². The molecule has 4 nitrogen and oxygen atoms in total. The van der Waals surface area contributed by atoms with Crippen molar-refractivity contribution < 1.29 is 9.59 Å². The van der Waals surface area contributed by atoms with E-state index < -0.39 is 0 Å². The minimum absolute atomic E-state index is 0.0509. The Hall–Kier alpha value is -2.62. The Morgan fingerprint density at radius 1 is 0.967 bits per heavy atom. The van der Waals surface area contributed by atoms with E-state index in [1.807, 2.05) is 48.5 Å². The lowest BCUT2D eigenvalue weighted by Gasteiger charge is -2.36. The summed E-state index contributed by atoms with van der Waals surface area (Å²) in [5, 5.41) is 6.26. The van der Waals surface area contributed by atoms with E-state index in [9.17, 15) is 9.59 Å². The largest absolute Gasteiger partial charge is 0.353 e.